The molecule has 0 spiro atoms. The second-order valence-corrected chi connectivity index (χ2v) is 8.64. The Kier molecular flexibility index (Phi) is 9.34. The summed E-state index contributed by atoms with van der Waals surface area (Å²) in [6.07, 6.45) is 5.74. The Bertz CT molecular complexity index is 669. The number of benzene rings is 1. The highest BCUT2D eigenvalue weighted by Crippen LogP contribution is 2.25. The molecule has 0 saturated carbocycles. The molecule has 0 aliphatic carbocycles. The Hall–Kier alpha value is -1.89. The molecule has 1 aromatic rings. The first-order valence-corrected chi connectivity index (χ1v) is 10.6. The van der Waals surface area contributed by atoms with Crippen LogP contribution in [-0.2, 0) is 19.4 Å². The number of aliphatic carboxylic acids is 2. The van der Waals surface area contributed by atoms with E-state index in [0.717, 1.165) is 32.1 Å². The summed E-state index contributed by atoms with van der Waals surface area (Å²) in [7, 11) is -4.13. The van der Waals surface area contributed by atoms with E-state index in [4.69, 9.17) is 0 Å². The molecule has 2 unspecified atom stereocenters. The summed E-state index contributed by atoms with van der Waals surface area (Å²) < 4.78 is 25.2. The van der Waals surface area contributed by atoms with Crippen LogP contribution in [-0.4, -0.2) is 35.8 Å². The van der Waals surface area contributed by atoms with Gasteiger partial charge in [-0.1, -0.05) is 63.6 Å². The molecule has 0 aliphatic heterocycles. The van der Waals surface area contributed by atoms with E-state index in [1.54, 1.807) is 6.07 Å². The maximum Gasteiger partial charge on any atom is 0.322 e. The average Bonchev–Trinajstić information content (AvgIpc) is 2.60. The summed E-state index contributed by atoms with van der Waals surface area (Å²) in [5.74, 6) is -3.64. The van der Waals surface area contributed by atoms with Gasteiger partial charge in [0.1, 0.15) is 0 Å². The van der Waals surface area contributed by atoms with Crippen molar-refractivity contribution in [3.63, 3.8) is 0 Å². The lowest BCUT2D eigenvalue weighted by molar-refractivity contribution is -0.143. The molecular weight excluding hydrogens is 356 g/mol. The van der Waals surface area contributed by atoms with Crippen molar-refractivity contribution in [3.05, 3.63) is 30.3 Å². The standard InChI is InChI=1S/C19H28O6S/c1-2-3-4-5-6-8-11-15(18(20)21)14-17(19(22)23)26(24,25)16-12-9-7-10-13-16/h7,9-10,12-13,15,17H,2-6,8,11,14H2,1H3,(H,20,21)(H,22,23). The molecule has 2 atom stereocenters. The van der Waals surface area contributed by atoms with E-state index in [-0.39, 0.29) is 11.3 Å². The Morgan fingerprint density at radius 1 is 0.923 bits per heavy atom. The molecule has 0 amide bonds. The van der Waals surface area contributed by atoms with Crippen molar-refractivity contribution in [3.8, 4) is 0 Å². The smallest absolute Gasteiger partial charge is 0.322 e. The lowest BCUT2D eigenvalue weighted by Gasteiger charge is -2.18. The molecule has 7 heteroatoms. The Balaban J connectivity index is 2.79. The summed E-state index contributed by atoms with van der Waals surface area (Å²) >= 11 is 0. The summed E-state index contributed by atoms with van der Waals surface area (Å²) in [6, 6.07) is 7.31. The minimum Gasteiger partial charge on any atom is -0.481 e. The molecule has 0 fully saturated rings. The van der Waals surface area contributed by atoms with Gasteiger partial charge in [-0.3, -0.25) is 9.59 Å². The van der Waals surface area contributed by atoms with E-state index < -0.39 is 39.4 Å². The summed E-state index contributed by atoms with van der Waals surface area (Å²) in [4.78, 5) is 23.0. The molecule has 1 aromatic carbocycles. The molecule has 0 saturated heterocycles. The Labute approximate surface area is 155 Å². The molecule has 0 radical (unpaired) electrons. The normalized spacial score (nSPS) is 13.9. The summed E-state index contributed by atoms with van der Waals surface area (Å²) in [5, 5.41) is 17.0. The van der Waals surface area contributed by atoms with Gasteiger partial charge in [-0.05, 0) is 25.0 Å². The monoisotopic (exact) mass is 384 g/mol. The Morgan fingerprint density at radius 2 is 1.50 bits per heavy atom. The summed E-state index contributed by atoms with van der Waals surface area (Å²) in [5.41, 5.74) is 0. The fourth-order valence-corrected chi connectivity index (χ4v) is 4.52. The predicted octanol–water partition coefficient (Wildman–Crippen LogP) is 3.76. The zero-order chi connectivity index (χ0) is 19.6. The van der Waals surface area contributed by atoms with Crippen LogP contribution in [0.2, 0.25) is 0 Å². The van der Waals surface area contributed by atoms with Crippen LogP contribution >= 0.6 is 0 Å². The van der Waals surface area contributed by atoms with Crippen LogP contribution < -0.4 is 0 Å². The molecule has 6 nitrogen and oxygen atoms in total. The minimum atomic E-state index is -4.13. The Morgan fingerprint density at radius 3 is 2.04 bits per heavy atom. The number of sulfone groups is 1. The number of carboxylic acids is 2. The topological polar surface area (TPSA) is 109 Å². The number of hydrogen-bond acceptors (Lipinski definition) is 4. The highest BCUT2D eigenvalue weighted by atomic mass is 32.2. The van der Waals surface area contributed by atoms with Crippen molar-refractivity contribution in [1.29, 1.82) is 0 Å². The number of hydrogen-bond donors (Lipinski definition) is 2. The third-order valence-electron chi connectivity index (χ3n) is 4.48. The second-order valence-electron chi connectivity index (χ2n) is 6.51. The first-order valence-electron chi connectivity index (χ1n) is 9.05. The maximum atomic E-state index is 12.6. The molecule has 26 heavy (non-hydrogen) atoms. The van der Waals surface area contributed by atoms with Gasteiger partial charge >= 0.3 is 11.9 Å². The van der Waals surface area contributed by atoms with Gasteiger partial charge in [-0.2, -0.15) is 0 Å². The quantitative estimate of drug-likeness (QED) is 0.501. The van der Waals surface area contributed by atoms with Gasteiger partial charge < -0.3 is 10.2 Å². The summed E-state index contributed by atoms with van der Waals surface area (Å²) in [6.45, 7) is 2.11. The first-order chi connectivity index (χ1) is 12.3. The van der Waals surface area contributed by atoms with Crippen LogP contribution in [0.1, 0.15) is 58.3 Å². The predicted molar refractivity (Wildman–Crippen MR) is 98.8 cm³/mol. The van der Waals surface area contributed by atoms with Crippen molar-refractivity contribution < 1.29 is 28.2 Å². The van der Waals surface area contributed by atoms with Crippen LogP contribution in [0.5, 0.6) is 0 Å². The first kappa shape index (κ1) is 22.2. The second kappa shape index (κ2) is 11.0. The molecule has 0 aromatic heterocycles. The van der Waals surface area contributed by atoms with Gasteiger partial charge in [0.25, 0.3) is 0 Å². The van der Waals surface area contributed by atoms with Gasteiger partial charge in [-0.25, -0.2) is 8.42 Å². The molecule has 0 aliphatic rings. The fraction of sp³-hybridized carbons (Fsp3) is 0.579. The highest BCUT2D eigenvalue weighted by Gasteiger charge is 2.37. The van der Waals surface area contributed by atoms with Crippen LogP contribution in [0.25, 0.3) is 0 Å². The molecular formula is C19H28O6S. The van der Waals surface area contributed by atoms with Crippen LogP contribution in [0.3, 0.4) is 0 Å². The van der Waals surface area contributed by atoms with E-state index in [2.05, 4.69) is 6.92 Å². The molecule has 1 rings (SSSR count). The number of carbonyl (C=O) groups is 2. The highest BCUT2D eigenvalue weighted by molar-refractivity contribution is 7.92. The van der Waals surface area contributed by atoms with Gasteiger partial charge in [0, 0.05) is 0 Å². The van der Waals surface area contributed by atoms with Gasteiger partial charge in [0.2, 0.25) is 0 Å². The van der Waals surface area contributed by atoms with Crippen molar-refractivity contribution in [2.24, 2.45) is 5.92 Å². The molecule has 0 heterocycles. The third kappa shape index (κ3) is 6.78. The SMILES string of the molecule is CCCCCCCCC(CC(C(=O)O)S(=O)(=O)c1ccccc1)C(=O)O. The number of unbranched alkanes of at least 4 members (excludes halogenated alkanes) is 5. The van der Waals surface area contributed by atoms with Crippen LogP contribution in [0, 0.1) is 5.92 Å². The molecule has 146 valence electrons. The van der Waals surface area contributed by atoms with Gasteiger partial charge in [0.05, 0.1) is 10.8 Å². The molecule has 2 N–H and O–H groups in total. The van der Waals surface area contributed by atoms with E-state index in [1.165, 1.54) is 24.3 Å². The van der Waals surface area contributed by atoms with E-state index in [0.29, 0.717) is 6.42 Å². The number of rotatable bonds is 13. The van der Waals surface area contributed by atoms with Gasteiger partial charge in [-0.15, -0.1) is 0 Å². The van der Waals surface area contributed by atoms with Crippen molar-refractivity contribution in [2.45, 2.75) is 68.4 Å². The minimum absolute atomic E-state index is 0.101. The van der Waals surface area contributed by atoms with Gasteiger partial charge in [0.15, 0.2) is 15.1 Å². The van der Waals surface area contributed by atoms with E-state index in [1.807, 2.05) is 0 Å². The lowest BCUT2D eigenvalue weighted by Crippen LogP contribution is -2.34. The van der Waals surface area contributed by atoms with Crippen LogP contribution in [0.15, 0.2) is 35.2 Å². The molecule has 0 bridgehead atoms. The fourth-order valence-electron chi connectivity index (χ4n) is 2.91. The largest absolute Gasteiger partial charge is 0.481 e. The zero-order valence-electron chi connectivity index (χ0n) is 15.1. The maximum absolute atomic E-state index is 12.6. The van der Waals surface area contributed by atoms with Crippen molar-refractivity contribution >= 4 is 21.8 Å². The lowest BCUT2D eigenvalue weighted by atomic mass is 9.95. The van der Waals surface area contributed by atoms with E-state index in [9.17, 15) is 28.2 Å². The van der Waals surface area contributed by atoms with Crippen molar-refractivity contribution in [2.75, 3.05) is 0 Å². The number of carboxylic acid groups (broad SMARTS) is 2. The van der Waals surface area contributed by atoms with Crippen LogP contribution in [0.4, 0.5) is 0 Å². The zero-order valence-corrected chi connectivity index (χ0v) is 16.0. The van der Waals surface area contributed by atoms with E-state index >= 15 is 0 Å². The average molecular weight is 384 g/mol. The third-order valence-corrected chi connectivity index (χ3v) is 6.55. The van der Waals surface area contributed by atoms with Crippen molar-refractivity contribution in [1.82, 2.24) is 0 Å².